The molecule has 0 bridgehead atoms. The number of carbonyl (C=O) groups is 2. The summed E-state index contributed by atoms with van der Waals surface area (Å²) in [4.78, 5) is 28.5. The van der Waals surface area contributed by atoms with Crippen molar-refractivity contribution >= 4 is 34.7 Å². The number of benzene rings is 3. The van der Waals surface area contributed by atoms with E-state index in [2.05, 4.69) is 0 Å². The molecule has 1 aliphatic rings. The monoisotopic (exact) mass is 521 g/mol. The summed E-state index contributed by atoms with van der Waals surface area (Å²) in [6.45, 7) is 6.07. The maximum Gasteiger partial charge on any atom is 0.300 e. The SMILES string of the molecule is CCOc1cc(C2/C(=C(\O)c3ccc(Cl)c(OC)c3)C(=O)C(=O)N2c2cccc(C)c2C)ccc1OC. The summed E-state index contributed by atoms with van der Waals surface area (Å²) in [5.74, 6) is -0.575. The van der Waals surface area contributed by atoms with Crippen LogP contribution in [0.4, 0.5) is 5.69 Å². The van der Waals surface area contributed by atoms with Crippen LogP contribution in [0.1, 0.15) is 35.2 Å². The first-order valence-electron chi connectivity index (χ1n) is 11.7. The van der Waals surface area contributed by atoms with E-state index in [1.54, 1.807) is 36.4 Å². The molecule has 0 radical (unpaired) electrons. The Balaban J connectivity index is 2.01. The van der Waals surface area contributed by atoms with Gasteiger partial charge in [0.1, 0.15) is 11.5 Å². The number of hydrogen-bond donors (Lipinski definition) is 1. The lowest BCUT2D eigenvalue weighted by molar-refractivity contribution is -0.132. The molecule has 1 amide bonds. The van der Waals surface area contributed by atoms with Crippen molar-refractivity contribution < 1.29 is 28.9 Å². The molecular weight excluding hydrogens is 494 g/mol. The van der Waals surface area contributed by atoms with Crippen molar-refractivity contribution in [2.24, 2.45) is 0 Å². The zero-order valence-corrected chi connectivity index (χ0v) is 22.1. The number of hydrogen-bond acceptors (Lipinski definition) is 6. The minimum absolute atomic E-state index is 0.0529. The van der Waals surface area contributed by atoms with E-state index in [-0.39, 0.29) is 11.3 Å². The first kappa shape index (κ1) is 26.1. The normalized spacial score (nSPS) is 16.7. The number of nitrogens with zero attached hydrogens (tertiary/aromatic N) is 1. The van der Waals surface area contributed by atoms with Crippen molar-refractivity contribution in [3.05, 3.63) is 87.4 Å². The molecule has 0 saturated carbocycles. The van der Waals surface area contributed by atoms with E-state index in [4.69, 9.17) is 25.8 Å². The molecule has 4 rings (SSSR count). The van der Waals surface area contributed by atoms with Crippen molar-refractivity contribution in [3.8, 4) is 17.2 Å². The predicted molar refractivity (Wildman–Crippen MR) is 143 cm³/mol. The van der Waals surface area contributed by atoms with E-state index in [0.717, 1.165) is 11.1 Å². The summed E-state index contributed by atoms with van der Waals surface area (Å²) in [5.41, 5.74) is 3.21. The molecule has 1 aliphatic heterocycles. The molecule has 3 aromatic rings. The van der Waals surface area contributed by atoms with Crippen LogP contribution in [0.2, 0.25) is 5.02 Å². The largest absolute Gasteiger partial charge is 0.507 e. The Morgan fingerprint density at radius 3 is 2.38 bits per heavy atom. The van der Waals surface area contributed by atoms with Crippen molar-refractivity contribution in [3.63, 3.8) is 0 Å². The molecule has 37 heavy (non-hydrogen) atoms. The minimum atomic E-state index is -0.924. The Bertz CT molecular complexity index is 1410. The highest BCUT2D eigenvalue weighted by atomic mass is 35.5. The third-order valence-electron chi connectivity index (χ3n) is 6.51. The van der Waals surface area contributed by atoms with E-state index < -0.39 is 17.7 Å². The second kappa shape index (κ2) is 10.6. The first-order chi connectivity index (χ1) is 17.7. The fraction of sp³-hybridized carbons (Fsp3) is 0.241. The van der Waals surface area contributed by atoms with Crippen LogP contribution < -0.4 is 19.1 Å². The first-order valence-corrected chi connectivity index (χ1v) is 12.1. The number of ether oxygens (including phenoxy) is 3. The van der Waals surface area contributed by atoms with E-state index >= 15 is 0 Å². The summed E-state index contributed by atoms with van der Waals surface area (Å²) in [5, 5.41) is 11.8. The minimum Gasteiger partial charge on any atom is -0.507 e. The molecule has 1 atom stereocenters. The number of halogens is 1. The standard InChI is InChI=1S/C29H28ClNO6/c1-6-37-24-14-18(11-13-22(24)35-4)26-25(27(32)19-10-12-20(30)23(15-19)36-5)28(33)29(34)31(26)21-9-7-8-16(2)17(21)3/h7-15,26,32H,6H2,1-5H3/b27-25+. The molecule has 8 heteroatoms. The summed E-state index contributed by atoms with van der Waals surface area (Å²) in [6, 6.07) is 14.5. The molecule has 1 N–H and O–H groups in total. The summed E-state index contributed by atoms with van der Waals surface area (Å²) in [6.07, 6.45) is 0. The molecule has 1 heterocycles. The second-order valence-electron chi connectivity index (χ2n) is 8.58. The lowest BCUT2D eigenvalue weighted by Crippen LogP contribution is -2.30. The van der Waals surface area contributed by atoms with E-state index in [0.29, 0.717) is 45.7 Å². The highest BCUT2D eigenvalue weighted by Crippen LogP contribution is 2.45. The van der Waals surface area contributed by atoms with Gasteiger partial charge in [-0.1, -0.05) is 29.8 Å². The van der Waals surface area contributed by atoms with Gasteiger partial charge in [0.15, 0.2) is 11.5 Å². The zero-order chi connectivity index (χ0) is 26.9. The van der Waals surface area contributed by atoms with Crippen LogP contribution in [0.5, 0.6) is 17.2 Å². The Hall–Kier alpha value is -3.97. The second-order valence-corrected chi connectivity index (χ2v) is 8.99. The molecular formula is C29H28ClNO6. The van der Waals surface area contributed by atoms with Gasteiger partial charge in [0.05, 0.1) is 37.5 Å². The molecule has 3 aromatic carbocycles. The van der Waals surface area contributed by atoms with Gasteiger partial charge in [-0.05, 0) is 73.9 Å². The quantitative estimate of drug-likeness (QED) is 0.233. The smallest absolute Gasteiger partial charge is 0.300 e. The van der Waals surface area contributed by atoms with Crippen molar-refractivity contribution in [2.75, 3.05) is 25.7 Å². The summed E-state index contributed by atoms with van der Waals surface area (Å²) in [7, 11) is 2.99. The molecule has 192 valence electrons. The number of aliphatic hydroxyl groups excluding tert-OH is 1. The summed E-state index contributed by atoms with van der Waals surface area (Å²) >= 11 is 6.17. The van der Waals surface area contributed by atoms with Crippen molar-refractivity contribution in [1.29, 1.82) is 0 Å². The van der Waals surface area contributed by atoms with Crippen LogP contribution in [-0.2, 0) is 9.59 Å². The average molecular weight is 522 g/mol. The molecule has 0 aliphatic carbocycles. The molecule has 1 saturated heterocycles. The van der Waals surface area contributed by atoms with Gasteiger partial charge in [0.25, 0.3) is 11.7 Å². The number of carbonyl (C=O) groups excluding carboxylic acids is 2. The number of amides is 1. The van der Waals surface area contributed by atoms with Crippen LogP contribution in [0.25, 0.3) is 5.76 Å². The Morgan fingerprint density at radius 2 is 1.70 bits per heavy atom. The van der Waals surface area contributed by atoms with Gasteiger partial charge in [-0.25, -0.2) is 0 Å². The molecule has 1 fully saturated rings. The highest BCUT2D eigenvalue weighted by Gasteiger charge is 2.47. The van der Waals surface area contributed by atoms with Crippen LogP contribution in [0.3, 0.4) is 0 Å². The highest BCUT2D eigenvalue weighted by molar-refractivity contribution is 6.51. The summed E-state index contributed by atoms with van der Waals surface area (Å²) < 4.78 is 16.5. The number of rotatable bonds is 7. The van der Waals surface area contributed by atoms with Crippen molar-refractivity contribution in [1.82, 2.24) is 0 Å². The number of aliphatic hydroxyl groups is 1. The van der Waals surface area contributed by atoms with Gasteiger partial charge in [-0.15, -0.1) is 0 Å². The predicted octanol–water partition coefficient (Wildman–Crippen LogP) is 6.00. The third-order valence-corrected chi connectivity index (χ3v) is 6.82. The molecule has 7 nitrogen and oxygen atoms in total. The fourth-order valence-corrected chi connectivity index (χ4v) is 4.68. The van der Waals surface area contributed by atoms with Crippen LogP contribution in [0.15, 0.2) is 60.2 Å². The number of aryl methyl sites for hydroxylation is 1. The van der Waals surface area contributed by atoms with E-state index in [1.807, 2.05) is 32.9 Å². The third kappa shape index (κ3) is 4.62. The fourth-order valence-electron chi connectivity index (χ4n) is 4.49. The maximum absolute atomic E-state index is 13.5. The zero-order valence-electron chi connectivity index (χ0n) is 21.3. The van der Waals surface area contributed by atoms with Gasteiger partial charge in [0.2, 0.25) is 0 Å². The topological polar surface area (TPSA) is 85.3 Å². The van der Waals surface area contributed by atoms with Crippen LogP contribution in [-0.4, -0.2) is 37.6 Å². The lowest BCUT2D eigenvalue weighted by atomic mass is 9.94. The van der Waals surface area contributed by atoms with Gasteiger partial charge >= 0.3 is 0 Å². The van der Waals surface area contributed by atoms with Gasteiger partial charge in [0, 0.05) is 11.3 Å². The Morgan fingerprint density at radius 1 is 0.973 bits per heavy atom. The van der Waals surface area contributed by atoms with Gasteiger partial charge < -0.3 is 19.3 Å². The molecule has 0 aromatic heterocycles. The number of methoxy groups -OCH3 is 2. The average Bonchev–Trinajstić information content (AvgIpc) is 3.15. The molecule has 1 unspecified atom stereocenters. The van der Waals surface area contributed by atoms with E-state index in [1.165, 1.54) is 25.2 Å². The van der Waals surface area contributed by atoms with Crippen LogP contribution >= 0.6 is 11.6 Å². The van der Waals surface area contributed by atoms with Crippen molar-refractivity contribution in [2.45, 2.75) is 26.8 Å². The van der Waals surface area contributed by atoms with Crippen LogP contribution in [0, 0.1) is 13.8 Å². The van der Waals surface area contributed by atoms with Gasteiger partial charge in [-0.3, -0.25) is 14.5 Å². The number of ketones is 1. The Kier molecular flexibility index (Phi) is 7.45. The lowest BCUT2D eigenvalue weighted by Gasteiger charge is -2.28. The Labute approximate surface area is 220 Å². The van der Waals surface area contributed by atoms with Gasteiger partial charge in [-0.2, -0.15) is 0 Å². The molecule has 0 spiro atoms. The number of Topliss-reactive ketones (excluding diaryl/α,β-unsaturated/α-hetero) is 1. The number of anilines is 1. The maximum atomic E-state index is 13.5. The van der Waals surface area contributed by atoms with E-state index in [9.17, 15) is 14.7 Å².